The molecule has 2 aromatic carbocycles. The lowest BCUT2D eigenvalue weighted by Crippen LogP contribution is -2.48. The Morgan fingerprint density at radius 1 is 1.04 bits per heavy atom. The molecule has 1 aliphatic heterocycles. The molecular formula is C21H25IN2O3. The molecule has 0 saturated carbocycles. The van der Waals surface area contributed by atoms with Gasteiger partial charge in [0.2, 0.25) is 0 Å². The van der Waals surface area contributed by atoms with E-state index in [-0.39, 0.29) is 5.91 Å². The van der Waals surface area contributed by atoms with E-state index in [0.29, 0.717) is 17.1 Å². The van der Waals surface area contributed by atoms with Crippen molar-refractivity contribution >= 4 is 28.5 Å². The smallest absolute Gasteiger partial charge is 0.255 e. The number of carbonyl (C=O) groups excluding carboxylic acids is 1. The Kier molecular flexibility index (Phi) is 6.59. The van der Waals surface area contributed by atoms with Gasteiger partial charge >= 0.3 is 0 Å². The fourth-order valence-corrected chi connectivity index (χ4v) is 4.04. The zero-order valence-corrected chi connectivity index (χ0v) is 18.2. The molecule has 0 spiro atoms. The highest BCUT2D eigenvalue weighted by atomic mass is 127. The normalized spacial score (nSPS) is 14.9. The van der Waals surface area contributed by atoms with E-state index in [9.17, 15) is 4.79 Å². The van der Waals surface area contributed by atoms with Gasteiger partial charge in [-0.2, -0.15) is 0 Å². The molecule has 0 N–H and O–H groups in total. The molecule has 0 atom stereocenters. The maximum Gasteiger partial charge on any atom is 0.255 e. The quantitative estimate of drug-likeness (QED) is 0.614. The predicted molar refractivity (Wildman–Crippen MR) is 115 cm³/mol. The summed E-state index contributed by atoms with van der Waals surface area (Å²) >= 11 is 2.18. The summed E-state index contributed by atoms with van der Waals surface area (Å²) in [4.78, 5) is 17.3. The van der Waals surface area contributed by atoms with E-state index in [0.717, 1.165) is 36.3 Å². The van der Waals surface area contributed by atoms with Gasteiger partial charge in [-0.3, -0.25) is 9.69 Å². The number of nitrogens with zero attached hydrogens (tertiary/aromatic N) is 2. The minimum atomic E-state index is 0.0514. The first-order chi connectivity index (χ1) is 13.0. The van der Waals surface area contributed by atoms with Crippen LogP contribution in [-0.2, 0) is 6.54 Å². The summed E-state index contributed by atoms with van der Waals surface area (Å²) < 4.78 is 11.5. The van der Waals surface area contributed by atoms with Gasteiger partial charge in [0.15, 0.2) is 11.5 Å². The minimum Gasteiger partial charge on any atom is -0.493 e. The first-order valence-electron chi connectivity index (χ1n) is 9.00. The van der Waals surface area contributed by atoms with Crippen molar-refractivity contribution in [3.8, 4) is 11.5 Å². The second kappa shape index (κ2) is 8.93. The van der Waals surface area contributed by atoms with Crippen molar-refractivity contribution in [1.29, 1.82) is 0 Å². The van der Waals surface area contributed by atoms with Crippen LogP contribution < -0.4 is 9.47 Å². The lowest BCUT2D eigenvalue weighted by molar-refractivity contribution is 0.0627. The molecule has 1 heterocycles. The Morgan fingerprint density at radius 3 is 2.33 bits per heavy atom. The monoisotopic (exact) mass is 480 g/mol. The second-order valence-corrected chi connectivity index (χ2v) is 7.91. The molecule has 0 aliphatic carbocycles. The van der Waals surface area contributed by atoms with Gasteiger partial charge in [-0.25, -0.2) is 0 Å². The van der Waals surface area contributed by atoms with Gasteiger partial charge in [0, 0.05) is 36.3 Å². The van der Waals surface area contributed by atoms with Crippen LogP contribution in [0.5, 0.6) is 11.5 Å². The van der Waals surface area contributed by atoms with Gasteiger partial charge < -0.3 is 14.4 Å². The van der Waals surface area contributed by atoms with Crippen LogP contribution in [0.3, 0.4) is 0 Å². The molecule has 0 unspecified atom stereocenters. The number of amides is 1. The number of aryl methyl sites for hydroxylation is 1. The molecule has 27 heavy (non-hydrogen) atoms. The Balaban J connectivity index is 1.65. The topological polar surface area (TPSA) is 42.0 Å². The van der Waals surface area contributed by atoms with Crippen LogP contribution >= 0.6 is 22.6 Å². The summed E-state index contributed by atoms with van der Waals surface area (Å²) in [5.41, 5.74) is 3.27. The van der Waals surface area contributed by atoms with E-state index in [1.165, 1.54) is 11.1 Å². The number of hydrogen-bond donors (Lipinski definition) is 0. The van der Waals surface area contributed by atoms with Gasteiger partial charge in [-0.15, -0.1) is 0 Å². The SMILES string of the molecule is COc1cc(I)c(C(=O)N2CCN(Cc3cccc(C)c3)CC2)cc1OC. The number of benzene rings is 2. The van der Waals surface area contributed by atoms with Crippen LogP contribution in [-0.4, -0.2) is 56.1 Å². The molecule has 1 fully saturated rings. The van der Waals surface area contributed by atoms with Crippen LogP contribution in [0.15, 0.2) is 36.4 Å². The second-order valence-electron chi connectivity index (χ2n) is 6.74. The third kappa shape index (κ3) is 4.73. The number of rotatable bonds is 5. The molecular weight excluding hydrogens is 455 g/mol. The highest BCUT2D eigenvalue weighted by molar-refractivity contribution is 14.1. The maximum atomic E-state index is 13.0. The molecule has 0 bridgehead atoms. The van der Waals surface area contributed by atoms with E-state index in [2.05, 4.69) is 58.7 Å². The number of carbonyl (C=O) groups is 1. The van der Waals surface area contributed by atoms with Gasteiger partial charge in [0.05, 0.1) is 19.8 Å². The molecule has 1 saturated heterocycles. The van der Waals surface area contributed by atoms with Crippen molar-refractivity contribution in [3.05, 3.63) is 56.7 Å². The van der Waals surface area contributed by atoms with Crippen molar-refractivity contribution in [2.75, 3.05) is 40.4 Å². The number of piperazine rings is 1. The summed E-state index contributed by atoms with van der Waals surface area (Å²) in [6.45, 7) is 6.26. The summed E-state index contributed by atoms with van der Waals surface area (Å²) in [5, 5.41) is 0. The van der Waals surface area contributed by atoms with Gasteiger partial charge in [0.1, 0.15) is 0 Å². The highest BCUT2D eigenvalue weighted by Crippen LogP contribution is 2.32. The third-order valence-electron chi connectivity index (χ3n) is 4.85. The highest BCUT2D eigenvalue weighted by Gasteiger charge is 2.25. The molecule has 144 valence electrons. The minimum absolute atomic E-state index is 0.0514. The summed E-state index contributed by atoms with van der Waals surface area (Å²) in [7, 11) is 3.19. The molecule has 0 aromatic heterocycles. The average molecular weight is 480 g/mol. The zero-order valence-electron chi connectivity index (χ0n) is 16.0. The number of hydrogen-bond acceptors (Lipinski definition) is 4. The lowest BCUT2D eigenvalue weighted by atomic mass is 10.1. The maximum absolute atomic E-state index is 13.0. The van der Waals surface area contributed by atoms with Crippen LogP contribution in [0.1, 0.15) is 21.5 Å². The van der Waals surface area contributed by atoms with Crippen molar-refractivity contribution in [1.82, 2.24) is 9.80 Å². The van der Waals surface area contributed by atoms with E-state index in [1.807, 2.05) is 11.0 Å². The van der Waals surface area contributed by atoms with Crippen molar-refractivity contribution in [3.63, 3.8) is 0 Å². The van der Waals surface area contributed by atoms with E-state index >= 15 is 0 Å². The zero-order chi connectivity index (χ0) is 19.4. The summed E-state index contributed by atoms with van der Waals surface area (Å²) in [5.74, 6) is 1.27. The lowest BCUT2D eigenvalue weighted by Gasteiger charge is -2.35. The van der Waals surface area contributed by atoms with Crippen molar-refractivity contribution in [2.45, 2.75) is 13.5 Å². The number of ether oxygens (including phenoxy) is 2. The first-order valence-corrected chi connectivity index (χ1v) is 10.1. The number of methoxy groups -OCH3 is 2. The Morgan fingerprint density at radius 2 is 1.70 bits per heavy atom. The molecule has 1 aliphatic rings. The summed E-state index contributed by atoms with van der Waals surface area (Å²) in [6, 6.07) is 12.2. The van der Waals surface area contributed by atoms with Crippen LogP contribution in [0.2, 0.25) is 0 Å². The first kappa shape index (κ1) is 19.9. The molecule has 2 aromatic rings. The van der Waals surface area contributed by atoms with Gasteiger partial charge in [-0.1, -0.05) is 29.8 Å². The fourth-order valence-electron chi connectivity index (χ4n) is 3.37. The van der Waals surface area contributed by atoms with Crippen molar-refractivity contribution < 1.29 is 14.3 Å². The van der Waals surface area contributed by atoms with Crippen molar-refractivity contribution in [2.24, 2.45) is 0 Å². The van der Waals surface area contributed by atoms with Crippen LogP contribution in [0.4, 0.5) is 0 Å². The molecule has 0 radical (unpaired) electrons. The van der Waals surface area contributed by atoms with E-state index < -0.39 is 0 Å². The van der Waals surface area contributed by atoms with E-state index in [4.69, 9.17) is 9.47 Å². The predicted octanol–water partition coefficient (Wildman–Crippen LogP) is 3.57. The molecule has 1 amide bonds. The number of halogens is 1. The van der Waals surface area contributed by atoms with Crippen LogP contribution in [0, 0.1) is 10.5 Å². The average Bonchev–Trinajstić information content (AvgIpc) is 2.68. The summed E-state index contributed by atoms with van der Waals surface area (Å²) in [6.07, 6.45) is 0. The molecule has 3 rings (SSSR count). The largest absolute Gasteiger partial charge is 0.493 e. The van der Waals surface area contributed by atoms with Gasteiger partial charge in [0.25, 0.3) is 5.91 Å². The Labute approximate surface area is 174 Å². The Hall–Kier alpha value is -1.80. The Bertz CT molecular complexity index is 817. The molecule has 6 heteroatoms. The van der Waals surface area contributed by atoms with E-state index in [1.54, 1.807) is 20.3 Å². The van der Waals surface area contributed by atoms with Crippen LogP contribution in [0.25, 0.3) is 0 Å². The third-order valence-corrected chi connectivity index (χ3v) is 5.74. The standard InChI is InChI=1S/C21H25IN2O3/c1-15-5-4-6-16(11-15)14-23-7-9-24(10-8-23)21(25)17-12-19(26-2)20(27-3)13-18(17)22/h4-6,11-13H,7-10,14H2,1-3H3. The molecule has 5 nitrogen and oxygen atoms in total. The fraction of sp³-hybridized carbons (Fsp3) is 0.381. The van der Waals surface area contributed by atoms with Gasteiger partial charge in [-0.05, 0) is 47.2 Å².